The summed E-state index contributed by atoms with van der Waals surface area (Å²) in [4.78, 5) is 30.0. The molecule has 6 rings (SSSR count). The van der Waals surface area contributed by atoms with Crippen molar-refractivity contribution in [3.05, 3.63) is 45.7 Å². The molecule has 0 radical (unpaired) electrons. The predicted molar refractivity (Wildman–Crippen MR) is 145 cm³/mol. The van der Waals surface area contributed by atoms with E-state index in [0.717, 1.165) is 39.1 Å². The number of carbonyl (C=O) groups excluding carboxylic acids is 1. The lowest BCUT2D eigenvalue weighted by Crippen LogP contribution is -2.44. The van der Waals surface area contributed by atoms with Gasteiger partial charge in [0.05, 0.1) is 30.9 Å². The van der Waals surface area contributed by atoms with Gasteiger partial charge in [0.1, 0.15) is 0 Å². The Bertz CT molecular complexity index is 1420. The summed E-state index contributed by atoms with van der Waals surface area (Å²) in [5, 5.41) is 4.36. The molecule has 2 aromatic carbocycles. The first-order valence-corrected chi connectivity index (χ1v) is 11.8. The summed E-state index contributed by atoms with van der Waals surface area (Å²) in [5.41, 5.74) is 2.19. The minimum absolute atomic E-state index is 0. The molecule has 0 atom stereocenters. The van der Waals surface area contributed by atoms with Crippen LogP contribution in [0.1, 0.15) is 22.3 Å². The molecule has 9 nitrogen and oxygen atoms in total. The van der Waals surface area contributed by atoms with Gasteiger partial charge in [0, 0.05) is 49.2 Å². The lowest BCUT2D eigenvalue weighted by molar-refractivity contribution is 0.104. The molecule has 37 heavy (non-hydrogen) atoms. The van der Waals surface area contributed by atoms with Gasteiger partial charge in [0.15, 0.2) is 28.8 Å². The number of hydrogen-bond acceptors (Lipinski definition) is 8. The SMILES string of the molecule is COc1cc2c3c(n(CCCN4CCNCC4)c(=O)c2cc1OC)-c1cc2c(cc1C3=O)OCO2.Cl.Cl. The molecule has 1 N–H and O–H groups in total. The van der Waals surface area contributed by atoms with Gasteiger partial charge in [0.2, 0.25) is 6.79 Å². The molecule has 11 heteroatoms. The minimum Gasteiger partial charge on any atom is -0.493 e. The number of carbonyl (C=O) groups is 1. The maximum atomic E-state index is 13.9. The largest absolute Gasteiger partial charge is 0.493 e. The number of piperazine rings is 1. The lowest BCUT2D eigenvalue weighted by Gasteiger charge is -2.27. The van der Waals surface area contributed by atoms with Crippen LogP contribution in [0.25, 0.3) is 22.0 Å². The highest BCUT2D eigenvalue weighted by molar-refractivity contribution is 6.27. The number of hydrogen-bond donors (Lipinski definition) is 1. The van der Waals surface area contributed by atoms with Crippen LogP contribution in [0.15, 0.2) is 29.1 Å². The average Bonchev–Trinajstić information content (AvgIpc) is 3.46. The molecular formula is C26H29Cl2N3O6. The summed E-state index contributed by atoms with van der Waals surface area (Å²) in [6.45, 7) is 5.43. The number of rotatable bonds is 6. The van der Waals surface area contributed by atoms with Crippen molar-refractivity contribution in [1.29, 1.82) is 0 Å². The van der Waals surface area contributed by atoms with Crippen molar-refractivity contribution >= 4 is 41.4 Å². The van der Waals surface area contributed by atoms with Gasteiger partial charge in [-0.05, 0) is 37.2 Å². The molecule has 0 saturated carbocycles. The molecule has 1 aliphatic carbocycles. The van der Waals surface area contributed by atoms with Gasteiger partial charge in [-0.15, -0.1) is 24.8 Å². The Balaban J connectivity index is 0.00000160. The second-order valence-corrected chi connectivity index (χ2v) is 8.96. The van der Waals surface area contributed by atoms with E-state index in [-0.39, 0.29) is 42.9 Å². The van der Waals surface area contributed by atoms with Crippen LogP contribution in [0.2, 0.25) is 0 Å². The molecule has 0 spiro atoms. The number of nitrogens with one attached hydrogen (secondary N) is 1. The fraction of sp³-hybridized carbons (Fsp3) is 0.385. The summed E-state index contributed by atoms with van der Waals surface area (Å²) in [6, 6.07) is 6.94. The van der Waals surface area contributed by atoms with Gasteiger partial charge in [-0.1, -0.05) is 0 Å². The number of pyridine rings is 1. The molecule has 198 valence electrons. The zero-order valence-electron chi connectivity index (χ0n) is 20.6. The highest BCUT2D eigenvalue weighted by Gasteiger charge is 2.35. The first-order valence-electron chi connectivity index (χ1n) is 11.8. The Kier molecular flexibility index (Phi) is 7.89. The Morgan fingerprint density at radius 1 is 0.865 bits per heavy atom. The van der Waals surface area contributed by atoms with E-state index < -0.39 is 0 Å². The molecule has 3 aromatic rings. The number of benzene rings is 2. The van der Waals surface area contributed by atoms with Crippen LogP contribution < -0.4 is 29.8 Å². The van der Waals surface area contributed by atoms with Crippen LogP contribution in [0.4, 0.5) is 0 Å². The van der Waals surface area contributed by atoms with E-state index in [1.807, 2.05) is 6.07 Å². The molecule has 0 amide bonds. The van der Waals surface area contributed by atoms with Crippen LogP contribution in [-0.4, -0.2) is 69.0 Å². The summed E-state index contributed by atoms with van der Waals surface area (Å²) >= 11 is 0. The van der Waals surface area contributed by atoms with Gasteiger partial charge in [-0.3, -0.25) is 9.59 Å². The molecule has 1 fully saturated rings. The van der Waals surface area contributed by atoms with Crippen LogP contribution in [0.3, 0.4) is 0 Å². The summed E-state index contributed by atoms with van der Waals surface area (Å²) in [6.07, 6.45) is 0.791. The molecule has 3 heterocycles. The van der Waals surface area contributed by atoms with E-state index in [4.69, 9.17) is 18.9 Å². The minimum atomic E-state index is -0.154. The van der Waals surface area contributed by atoms with Crippen LogP contribution >= 0.6 is 24.8 Å². The molecule has 1 aromatic heterocycles. The standard InChI is InChI=1S/C26H27N3O6.2ClH/c1-32-19-10-15-18(13-20(19)33-2)26(31)29(7-3-6-28-8-4-27-5-9-28)24-16-11-21-22(35-14-34-21)12-17(16)25(30)23(15)24;;/h10-13,27H,3-9,14H2,1-2H3;2*1H. The Labute approximate surface area is 226 Å². The zero-order valence-corrected chi connectivity index (χ0v) is 22.3. The predicted octanol–water partition coefficient (Wildman–Crippen LogP) is 3.10. The number of methoxy groups -OCH3 is 2. The van der Waals surface area contributed by atoms with E-state index >= 15 is 0 Å². The molecule has 0 unspecified atom stereocenters. The topological polar surface area (TPSA) is 91.3 Å². The maximum Gasteiger partial charge on any atom is 0.259 e. The number of halogens is 2. The maximum absolute atomic E-state index is 13.9. The smallest absolute Gasteiger partial charge is 0.259 e. The fourth-order valence-electron chi connectivity index (χ4n) is 5.34. The van der Waals surface area contributed by atoms with Gasteiger partial charge in [0.25, 0.3) is 5.56 Å². The molecule has 2 aliphatic heterocycles. The third-order valence-electron chi connectivity index (χ3n) is 7.08. The fourth-order valence-corrected chi connectivity index (χ4v) is 5.34. The second kappa shape index (κ2) is 10.8. The normalized spacial score (nSPS) is 15.6. The number of nitrogens with zero attached hydrogens (tertiary/aromatic N) is 2. The monoisotopic (exact) mass is 549 g/mol. The Morgan fingerprint density at radius 2 is 1.49 bits per heavy atom. The van der Waals surface area contributed by atoms with Crippen molar-refractivity contribution < 1.29 is 23.7 Å². The highest BCUT2D eigenvalue weighted by Crippen LogP contribution is 2.46. The van der Waals surface area contributed by atoms with E-state index in [1.165, 1.54) is 14.2 Å². The van der Waals surface area contributed by atoms with Crippen molar-refractivity contribution in [2.24, 2.45) is 0 Å². The van der Waals surface area contributed by atoms with Crippen molar-refractivity contribution in [2.45, 2.75) is 13.0 Å². The summed E-state index contributed by atoms with van der Waals surface area (Å²) in [5.74, 6) is 1.91. The van der Waals surface area contributed by atoms with Crippen molar-refractivity contribution in [1.82, 2.24) is 14.8 Å². The number of fused-ring (bicyclic) bond motifs is 6. The van der Waals surface area contributed by atoms with Gasteiger partial charge < -0.3 is 33.7 Å². The molecule has 0 bridgehead atoms. The van der Waals surface area contributed by atoms with Gasteiger partial charge in [-0.2, -0.15) is 0 Å². The summed E-state index contributed by atoms with van der Waals surface area (Å²) in [7, 11) is 3.07. The Morgan fingerprint density at radius 3 is 2.14 bits per heavy atom. The third kappa shape index (κ3) is 4.40. The van der Waals surface area contributed by atoms with E-state index in [0.29, 0.717) is 62.7 Å². The van der Waals surface area contributed by atoms with Gasteiger partial charge in [-0.25, -0.2) is 0 Å². The van der Waals surface area contributed by atoms with Crippen molar-refractivity contribution in [2.75, 3.05) is 53.7 Å². The van der Waals surface area contributed by atoms with E-state index in [2.05, 4.69) is 10.2 Å². The first kappa shape index (κ1) is 27.1. The van der Waals surface area contributed by atoms with E-state index in [1.54, 1.807) is 22.8 Å². The summed E-state index contributed by atoms with van der Waals surface area (Å²) < 4.78 is 23.8. The van der Waals surface area contributed by atoms with Gasteiger partial charge >= 0.3 is 0 Å². The second-order valence-electron chi connectivity index (χ2n) is 8.96. The van der Waals surface area contributed by atoms with Crippen LogP contribution in [0.5, 0.6) is 23.0 Å². The average molecular weight is 550 g/mol. The van der Waals surface area contributed by atoms with Crippen molar-refractivity contribution in [3.63, 3.8) is 0 Å². The third-order valence-corrected chi connectivity index (χ3v) is 7.08. The van der Waals surface area contributed by atoms with Crippen LogP contribution in [0, 0.1) is 0 Å². The molecule has 1 saturated heterocycles. The number of ether oxygens (including phenoxy) is 4. The molecule has 3 aliphatic rings. The number of ketones is 1. The Hall–Kier alpha value is -2.98. The zero-order chi connectivity index (χ0) is 24.1. The van der Waals surface area contributed by atoms with Crippen LogP contribution in [-0.2, 0) is 6.54 Å². The molecular weight excluding hydrogens is 521 g/mol. The highest BCUT2D eigenvalue weighted by atomic mass is 35.5. The van der Waals surface area contributed by atoms with E-state index in [9.17, 15) is 9.59 Å². The number of aromatic nitrogens is 1. The lowest BCUT2D eigenvalue weighted by atomic mass is 10.0. The van der Waals surface area contributed by atoms with Crippen molar-refractivity contribution in [3.8, 4) is 34.3 Å². The first-order chi connectivity index (χ1) is 17.1. The quantitative estimate of drug-likeness (QED) is 0.392.